The summed E-state index contributed by atoms with van der Waals surface area (Å²) in [4.78, 5) is 11.8. The molecular weight excluding hydrogens is 302 g/mol. The third-order valence-corrected chi connectivity index (χ3v) is 3.31. The molecule has 2 unspecified atom stereocenters. The van der Waals surface area contributed by atoms with E-state index in [1.165, 1.54) is 6.07 Å². The lowest BCUT2D eigenvalue weighted by molar-refractivity contribution is -0.127. The molecule has 21 heavy (non-hydrogen) atoms. The van der Waals surface area contributed by atoms with Gasteiger partial charge in [-0.3, -0.25) is 4.79 Å². The van der Waals surface area contributed by atoms with Crippen LogP contribution in [0.5, 0.6) is 5.75 Å². The van der Waals surface area contributed by atoms with Crippen molar-refractivity contribution in [1.29, 1.82) is 0 Å². The Hall–Kier alpha value is -1.40. The summed E-state index contributed by atoms with van der Waals surface area (Å²) in [7, 11) is 0. The Bertz CT molecular complexity index is 498. The number of nitrogens with two attached hydrogens (primary N) is 1. The number of halogens is 3. The van der Waals surface area contributed by atoms with E-state index in [2.05, 4.69) is 5.32 Å². The van der Waals surface area contributed by atoms with Crippen LogP contribution >= 0.6 is 12.4 Å². The molecule has 1 fully saturated rings. The van der Waals surface area contributed by atoms with E-state index in [0.29, 0.717) is 12.5 Å². The van der Waals surface area contributed by atoms with Gasteiger partial charge in [0.25, 0.3) is 5.91 Å². The van der Waals surface area contributed by atoms with Crippen molar-refractivity contribution < 1.29 is 18.3 Å². The topological polar surface area (TPSA) is 64.3 Å². The van der Waals surface area contributed by atoms with Gasteiger partial charge in [-0.2, -0.15) is 0 Å². The zero-order valence-corrected chi connectivity index (χ0v) is 12.5. The number of hydrogen-bond acceptors (Lipinski definition) is 3. The fourth-order valence-corrected chi connectivity index (χ4v) is 1.86. The van der Waals surface area contributed by atoms with Crippen LogP contribution in [-0.4, -0.2) is 24.6 Å². The first-order valence-electron chi connectivity index (χ1n) is 6.62. The highest BCUT2D eigenvalue weighted by molar-refractivity contribution is 5.85. The lowest BCUT2D eigenvalue weighted by Crippen LogP contribution is -2.43. The van der Waals surface area contributed by atoms with Gasteiger partial charge in [0.05, 0.1) is 0 Å². The van der Waals surface area contributed by atoms with Crippen LogP contribution in [0, 0.1) is 17.6 Å². The van der Waals surface area contributed by atoms with Crippen LogP contribution in [0.1, 0.15) is 19.8 Å². The molecule has 0 aliphatic heterocycles. The van der Waals surface area contributed by atoms with Crippen molar-refractivity contribution in [2.75, 3.05) is 6.54 Å². The Kier molecular flexibility index (Phi) is 6.36. The van der Waals surface area contributed by atoms with Crippen molar-refractivity contribution >= 4 is 18.3 Å². The van der Waals surface area contributed by atoms with Crippen molar-refractivity contribution in [3.63, 3.8) is 0 Å². The van der Waals surface area contributed by atoms with Gasteiger partial charge in [-0.25, -0.2) is 8.78 Å². The number of carbonyl (C=O) groups is 1. The van der Waals surface area contributed by atoms with Gasteiger partial charge in [0.15, 0.2) is 17.7 Å². The predicted octanol–water partition coefficient (Wildman–Crippen LogP) is 2.01. The molecule has 0 radical (unpaired) electrons. The monoisotopic (exact) mass is 320 g/mol. The van der Waals surface area contributed by atoms with Gasteiger partial charge in [0.2, 0.25) is 0 Å². The van der Waals surface area contributed by atoms with E-state index in [-0.39, 0.29) is 30.1 Å². The van der Waals surface area contributed by atoms with Gasteiger partial charge in [-0.05, 0) is 37.8 Å². The summed E-state index contributed by atoms with van der Waals surface area (Å²) >= 11 is 0. The Morgan fingerprint density at radius 2 is 2.10 bits per heavy atom. The van der Waals surface area contributed by atoms with Gasteiger partial charge in [0.1, 0.15) is 5.75 Å². The molecule has 0 saturated heterocycles. The van der Waals surface area contributed by atoms with Crippen LogP contribution in [0.4, 0.5) is 8.78 Å². The molecule has 1 aromatic carbocycles. The molecular formula is C14H19ClF2N2O2. The first-order chi connectivity index (χ1) is 9.47. The van der Waals surface area contributed by atoms with Gasteiger partial charge >= 0.3 is 0 Å². The summed E-state index contributed by atoms with van der Waals surface area (Å²) < 4.78 is 31.0. The van der Waals surface area contributed by atoms with Crippen molar-refractivity contribution in [3.05, 3.63) is 29.8 Å². The number of amides is 1. The zero-order valence-electron chi connectivity index (χ0n) is 11.6. The number of hydrogen-bond donors (Lipinski definition) is 2. The van der Waals surface area contributed by atoms with Crippen molar-refractivity contribution in [3.8, 4) is 5.75 Å². The Morgan fingerprint density at radius 3 is 2.67 bits per heavy atom. The Balaban J connectivity index is 0.00000220. The molecule has 1 aliphatic rings. The second-order valence-corrected chi connectivity index (χ2v) is 5.08. The number of nitrogens with one attached hydrogen (secondary N) is 1. The molecule has 0 heterocycles. The van der Waals surface area contributed by atoms with E-state index in [4.69, 9.17) is 10.5 Å². The molecule has 1 saturated carbocycles. The average molecular weight is 321 g/mol. The molecule has 0 aromatic heterocycles. The minimum absolute atomic E-state index is 0. The fourth-order valence-electron chi connectivity index (χ4n) is 1.86. The molecule has 1 aromatic rings. The van der Waals surface area contributed by atoms with Gasteiger partial charge in [-0.15, -0.1) is 12.4 Å². The van der Waals surface area contributed by atoms with E-state index < -0.39 is 17.7 Å². The Labute approximate surface area is 128 Å². The summed E-state index contributed by atoms with van der Waals surface area (Å²) in [5, 5.41) is 2.69. The van der Waals surface area contributed by atoms with Crippen LogP contribution in [0.2, 0.25) is 0 Å². The molecule has 0 bridgehead atoms. The maximum absolute atomic E-state index is 13.0. The van der Waals surface area contributed by atoms with Crippen LogP contribution in [0.25, 0.3) is 0 Å². The van der Waals surface area contributed by atoms with Gasteiger partial charge in [-0.1, -0.05) is 0 Å². The van der Waals surface area contributed by atoms with E-state index >= 15 is 0 Å². The number of ether oxygens (including phenoxy) is 1. The second kappa shape index (κ2) is 7.56. The van der Waals surface area contributed by atoms with Crippen LogP contribution < -0.4 is 15.8 Å². The largest absolute Gasteiger partial charge is 0.481 e. The highest BCUT2D eigenvalue weighted by atomic mass is 35.5. The summed E-state index contributed by atoms with van der Waals surface area (Å²) in [5.74, 6) is -1.68. The molecule has 3 N–H and O–H groups in total. The van der Waals surface area contributed by atoms with Crippen LogP contribution in [-0.2, 0) is 4.79 Å². The third kappa shape index (κ3) is 5.13. The molecule has 118 valence electrons. The lowest BCUT2D eigenvalue weighted by atomic mass is 10.2. The third-order valence-electron chi connectivity index (χ3n) is 3.31. The normalized spacial score (nSPS) is 16.6. The highest BCUT2D eigenvalue weighted by Gasteiger charge is 2.29. The molecule has 2 atom stereocenters. The standard InChI is InChI=1S/C14H18F2N2O2.ClH/c1-8(14(19)18-7-13(17)9-2-3-9)20-10-4-5-11(15)12(16)6-10;/h4-6,8-9,13H,2-3,7,17H2,1H3,(H,18,19);1H. The number of rotatable bonds is 6. The molecule has 7 heteroatoms. The summed E-state index contributed by atoms with van der Waals surface area (Å²) in [6.07, 6.45) is 1.42. The molecule has 1 aliphatic carbocycles. The van der Waals surface area contributed by atoms with Crippen molar-refractivity contribution in [1.82, 2.24) is 5.32 Å². The van der Waals surface area contributed by atoms with Gasteiger partial charge in [0, 0.05) is 18.7 Å². The average Bonchev–Trinajstić information content (AvgIpc) is 3.24. The molecule has 4 nitrogen and oxygen atoms in total. The SMILES string of the molecule is CC(Oc1ccc(F)c(F)c1)C(=O)NCC(N)C1CC1.Cl. The quantitative estimate of drug-likeness (QED) is 0.842. The molecule has 2 rings (SSSR count). The first kappa shape index (κ1) is 17.7. The molecule has 0 spiro atoms. The smallest absolute Gasteiger partial charge is 0.260 e. The fraction of sp³-hybridized carbons (Fsp3) is 0.500. The minimum Gasteiger partial charge on any atom is -0.481 e. The first-order valence-corrected chi connectivity index (χ1v) is 6.62. The maximum atomic E-state index is 13.0. The number of carbonyl (C=O) groups excluding carboxylic acids is 1. The highest BCUT2D eigenvalue weighted by Crippen LogP contribution is 2.31. The number of benzene rings is 1. The van der Waals surface area contributed by atoms with E-state index in [1.807, 2.05) is 0 Å². The molecule has 1 amide bonds. The van der Waals surface area contributed by atoms with E-state index in [0.717, 1.165) is 25.0 Å². The second-order valence-electron chi connectivity index (χ2n) is 5.08. The van der Waals surface area contributed by atoms with E-state index in [1.54, 1.807) is 6.92 Å². The van der Waals surface area contributed by atoms with Crippen LogP contribution in [0.3, 0.4) is 0 Å². The van der Waals surface area contributed by atoms with Crippen molar-refractivity contribution in [2.24, 2.45) is 11.7 Å². The Morgan fingerprint density at radius 1 is 1.43 bits per heavy atom. The van der Waals surface area contributed by atoms with Crippen LogP contribution in [0.15, 0.2) is 18.2 Å². The minimum atomic E-state index is -1.01. The zero-order chi connectivity index (χ0) is 14.7. The van der Waals surface area contributed by atoms with Crippen molar-refractivity contribution in [2.45, 2.75) is 31.9 Å². The predicted molar refractivity (Wildman–Crippen MR) is 77.4 cm³/mol. The summed E-state index contributed by atoms with van der Waals surface area (Å²) in [6, 6.07) is 3.11. The summed E-state index contributed by atoms with van der Waals surface area (Å²) in [6.45, 7) is 1.94. The summed E-state index contributed by atoms with van der Waals surface area (Å²) in [5.41, 5.74) is 5.87. The van der Waals surface area contributed by atoms with Gasteiger partial charge < -0.3 is 15.8 Å². The van der Waals surface area contributed by atoms with E-state index in [9.17, 15) is 13.6 Å². The maximum Gasteiger partial charge on any atom is 0.260 e. The lowest BCUT2D eigenvalue weighted by Gasteiger charge is -2.17.